The van der Waals surface area contributed by atoms with Crippen molar-refractivity contribution in [3.05, 3.63) is 54.4 Å². The molecule has 4 heteroatoms. The first-order valence-electron chi connectivity index (χ1n) is 6.31. The lowest BCUT2D eigenvalue weighted by Gasteiger charge is -2.11. The van der Waals surface area contributed by atoms with E-state index in [1.807, 2.05) is 43.5 Å². The van der Waals surface area contributed by atoms with Crippen molar-refractivity contribution in [2.75, 3.05) is 26.1 Å². The van der Waals surface area contributed by atoms with Crippen molar-refractivity contribution in [2.24, 2.45) is 0 Å². The second-order valence-corrected chi connectivity index (χ2v) is 4.62. The number of benzene rings is 1. The van der Waals surface area contributed by atoms with Crippen molar-refractivity contribution < 1.29 is 14.4 Å². The van der Waals surface area contributed by atoms with E-state index in [-0.39, 0.29) is 5.76 Å². The molecule has 4 nitrogen and oxygen atoms in total. The number of hydrogen-bond acceptors (Lipinski definition) is 3. The molecule has 2 aromatic rings. The van der Waals surface area contributed by atoms with E-state index in [1.54, 1.807) is 42.1 Å². The van der Waals surface area contributed by atoms with Gasteiger partial charge in [0.1, 0.15) is 5.75 Å². The molecule has 1 heterocycles. The van der Waals surface area contributed by atoms with Crippen LogP contribution in [-0.4, -0.2) is 21.2 Å². The van der Waals surface area contributed by atoms with Gasteiger partial charge in [-0.05, 0) is 23.5 Å². The first-order chi connectivity index (χ1) is 9.60. The lowest BCUT2D eigenvalue weighted by Crippen LogP contribution is -2.27. The largest absolute Gasteiger partial charge is 0.868 e. The van der Waals surface area contributed by atoms with Crippen LogP contribution in [0.15, 0.2) is 48.8 Å². The number of rotatable bonds is 4. The van der Waals surface area contributed by atoms with E-state index in [1.165, 1.54) is 0 Å². The maximum absolute atomic E-state index is 12.1. The number of ether oxygens (including phenoxy) is 1. The van der Waals surface area contributed by atoms with Crippen LogP contribution in [-0.2, 0) is 0 Å². The molecule has 20 heavy (non-hydrogen) atoms. The Kier molecular flexibility index (Phi) is 4.25. The van der Waals surface area contributed by atoms with E-state index in [2.05, 4.69) is 0 Å². The van der Waals surface area contributed by atoms with Crippen LogP contribution < -0.4 is 19.3 Å². The van der Waals surface area contributed by atoms with Crippen molar-refractivity contribution in [1.29, 1.82) is 0 Å². The summed E-state index contributed by atoms with van der Waals surface area (Å²) in [4.78, 5) is 2.01. The van der Waals surface area contributed by atoms with E-state index in [9.17, 15) is 5.11 Å². The van der Waals surface area contributed by atoms with E-state index in [4.69, 9.17) is 4.74 Å². The minimum atomic E-state index is -0.0461. The van der Waals surface area contributed by atoms with Crippen LogP contribution in [0.2, 0.25) is 0 Å². The third-order valence-electron chi connectivity index (χ3n) is 2.99. The highest BCUT2D eigenvalue weighted by molar-refractivity contribution is 5.65. The molecule has 0 saturated carbocycles. The van der Waals surface area contributed by atoms with Gasteiger partial charge in [-0.2, -0.15) is 4.57 Å². The summed E-state index contributed by atoms with van der Waals surface area (Å²) in [5, 5.41) is 12.1. The van der Waals surface area contributed by atoms with Crippen molar-refractivity contribution in [1.82, 2.24) is 0 Å². The monoisotopic (exact) mass is 270 g/mol. The average Bonchev–Trinajstić information content (AvgIpc) is 2.48. The average molecular weight is 270 g/mol. The molecule has 0 radical (unpaired) electrons. The van der Waals surface area contributed by atoms with Crippen LogP contribution in [0, 0.1) is 0 Å². The second-order valence-electron chi connectivity index (χ2n) is 4.62. The molecule has 0 aliphatic heterocycles. The fourth-order valence-electron chi connectivity index (χ4n) is 1.78. The Morgan fingerprint density at radius 3 is 2.20 bits per heavy atom. The molecule has 1 aromatic carbocycles. The van der Waals surface area contributed by atoms with Gasteiger partial charge in [-0.1, -0.05) is 12.1 Å². The summed E-state index contributed by atoms with van der Waals surface area (Å²) in [6.45, 7) is 0. The SMILES string of the molecule is COc1ccc(/C([O-])=C/[n+]2ccc(N(C)C)cc2)cc1. The van der Waals surface area contributed by atoms with E-state index >= 15 is 0 Å². The summed E-state index contributed by atoms with van der Waals surface area (Å²) in [5.41, 5.74) is 1.72. The summed E-state index contributed by atoms with van der Waals surface area (Å²) in [6, 6.07) is 11.0. The van der Waals surface area contributed by atoms with Crippen molar-refractivity contribution >= 4 is 17.6 Å². The molecule has 0 fully saturated rings. The molecule has 0 amide bonds. The molecule has 0 saturated heterocycles. The maximum Gasteiger partial charge on any atom is 0.176 e. The zero-order valence-electron chi connectivity index (χ0n) is 11.9. The molecule has 0 unspecified atom stereocenters. The zero-order valence-corrected chi connectivity index (χ0v) is 11.9. The molecular formula is C16H18N2O2. The quantitative estimate of drug-likeness (QED) is 0.622. The number of hydrogen-bond donors (Lipinski definition) is 0. The summed E-state index contributed by atoms with van der Waals surface area (Å²) >= 11 is 0. The topological polar surface area (TPSA) is 39.4 Å². The van der Waals surface area contributed by atoms with E-state index in [0.717, 1.165) is 11.4 Å². The predicted molar refractivity (Wildman–Crippen MR) is 78.1 cm³/mol. The zero-order chi connectivity index (χ0) is 14.5. The number of aromatic nitrogens is 1. The molecule has 0 atom stereocenters. The summed E-state index contributed by atoms with van der Waals surface area (Å²) in [7, 11) is 5.56. The van der Waals surface area contributed by atoms with Gasteiger partial charge in [0.25, 0.3) is 0 Å². The van der Waals surface area contributed by atoms with Gasteiger partial charge in [0.2, 0.25) is 0 Å². The van der Waals surface area contributed by atoms with Crippen molar-refractivity contribution in [3.63, 3.8) is 0 Å². The summed E-state index contributed by atoms with van der Waals surface area (Å²) in [5.74, 6) is 0.694. The number of anilines is 1. The Morgan fingerprint density at radius 2 is 1.70 bits per heavy atom. The normalized spacial score (nSPS) is 11.2. The number of nitrogens with zero attached hydrogens (tertiary/aromatic N) is 2. The lowest BCUT2D eigenvalue weighted by molar-refractivity contribution is -0.569. The van der Waals surface area contributed by atoms with Crippen LogP contribution in [0.1, 0.15) is 5.56 Å². The van der Waals surface area contributed by atoms with E-state index in [0.29, 0.717) is 5.56 Å². The number of pyridine rings is 1. The predicted octanol–water partition coefficient (Wildman–Crippen LogP) is 1.36. The van der Waals surface area contributed by atoms with Crippen LogP contribution in [0.3, 0.4) is 0 Å². The molecule has 0 aliphatic carbocycles. The third-order valence-corrected chi connectivity index (χ3v) is 2.99. The Bertz CT molecular complexity index is 587. The molecular weight excluding hydrogens is 252 g/mol. The molecule has 0 bridgehead atoms. The molecule has 104 valence electrons. The van der Waals surface area contributed by atoms with Gasteiger partial charge in [0, 0.05) is 31.9 Å². The standard InChI is InChI=1S/C16H18N2O2/c1-17(2)14-8-10-18(11-9-14)12-16(19)13-4-6-15(20-3)7-5-13/h4-12H,1-3H3/b16-12-. The first-order valence-corrected chi connectivity index (χ1v) is 6.31. The number of methoxy groups -OCH3 is 1. The fourth-order valence-corrected chi connectivity index (χ4v) is 1.78. The highest BCUT2D eigenvalue weighted by atomic mass is 16.5. The maximum atomic E-state index is 12.1. The highest BCUT2D eigenvalue weighted by Gasteiger charge is 2.00. The lowest BCUT2D eigenvalue weighted by atomic mass is 10.2. The van der Waals surface area contributed by atoms with Gasteiger partial charge in [0.15, 0.2) is 18.6 Å². The van der Waals surface area contributed by atoms with Gasteiger partial charge in [-0.3, -0.25) is 0 Å². The van der Waals surface area contributed by atoms with Gasteiger partial charge in [0.05, 0.1) is 7.11 Å². The minimum Gasteiger partial charge on any atom is -0.868 e. The first kappa shape index (κ1) is 13.9. The Morgan fingerprint density at radius 1 is 1.10 bits per heavy atom. The fraction of sp³-hybridized carbons (Fsp3) is 0.188. The molecule has 0 N–H and O–H groups in total. The second kappa shape index (κ2) is 6.10. The minimum absolute atomic E-state index is 0.0461. The smallest absolute Gasteiger partial charge is 0.176 e. The third kappa shape index (κ3) is 3.29. The highest BCUT2D eigenvalue weighted by Crippen LogP contribution is 2.15. The van der Waals surface area contributed by atoms with Crippen LogP contribution >= 0.6 is 0 Å². The van der Waals surface area contributed by atoms with Gasteiger partial charge in [-0.15, -0.1) is 0 Å². The Labute approximate surface area is 119 Å². The molecule has 0 aliphatic rings. The van der Waals surface area contributed by atoms with Crippen molar-refractivity contribution in [3.8, 4) is 5.75 Å². The Hall–Kier alpha value is -2.49. The van der Waals surface area contributed by atoms with Crippen LogP contribution in [0.5, 0.6) is 5.75 Å². The van der Waals surface area contributed by atoms with Crippen LogP contribution in [0.25, 0.3) is 12.0 Å². The molecule has 2 rings (SSSR count). The van der Waals surface area contributed by atoms with Gasteiger partial charge < -0.3 is 14.7 Å². The van der Waals surface area contributed by atoms with Crippen molar-refractivity contribution in [2.45, 2.75) is 0 Å². The summed E-state index contributed by atoms with van der Waals surface area (Å²) < 4.78 is 6.82. The van der Waals surface area contributed by atoms with Gasteiger partial charge in [-0.25, -0.2) is 0 Å². The van der Waals surface area contributed by atoms with E-state index < -0.39 is 0 Å². The Balaban J connectivity index is 2.20. The molecule has 1 aromatic heterocycles. The van der Waals surface area contributed by atoms with Gasteiger partial charge >= 0.3 is 0 Å². The summed E-state index contributed by atoms with van der Waals surface area (Å²) in [6.07, 6.45) is 5.27. The van der Waals surface area contributed by atoms with Crippen LogP contribution in [0.4, 0.5) is 5.69 Å². The molecule has 0 spiro atoms.